The molecule has 4 aliphatic rings. The van der Waals surface area contributed by atoms with Gasteiger partial charge in [0, 0.05) is 12.5 Å². The predicted octanol–water partition coefficient (Wildman–Crippen LogP) is 3.63. The van der Waals surface area contributed by atoms with Gasteiger partial charge in [-0.3, -0.25) is 0 Å². The summed E-state index contributed by atoms with van der Waals surface area (Å²) in [5, 5.41) is 22.0. The van der Waals surface area contributed by atoms with Gasteiger partial charge < -0.3 is 19.4 Å². The average molecular weight is 401 g/mol. The molecule has 1 heterocycles. The van der Waals surface area contributed by atoms with E-state index >= 15 is 0 Å². The lowest BCUT2D eigenvalue weighted by Gasteiger charge is -2.62. The molecule has 0 radical (unpaired) electrons. The third-order valence-electron chi connectivity index (χ3n) is 9.67. The Morgan fingerprint density at radius 2 is 1.86 bits per heavy atom. The van der Waals surface area contributed by atoms with Crippen LogP contribution in [0.3, 0.4) is 0 Å². The second-order valence-electron chi connectivity index (χ2n) is 10.5. The van der Waals surface area contributed by atoms with Gasteiger partial charge in [0.05, 0.1) is 11.7 Å². The molecule has 0 saturated heterocycles. The zero-order chi connectivity index (χ0) is 20.4. The Bertz CT molecular complexity index is 839. The zero-order valence-corrected chi connectivity index (χ0v) is 17.2. The molecule has 5 nitrogen and oxygen atoms in total. The number of carbonyl (C=O) groups excluding carboxylic acids is 1. The van der Waals surface area contributed by atoms with Gasteiger partial charge in [-0.2, -0.15) is 0 Å². The van der Waals surface area contributed by atoms with Gasteiger partial charge in [0.2, 0.25) is 0 Å². The number of carbonyl (C=O) groups is 1. The Morgan fingerprint density at radius 3 is 2.59 bits per heavy atom. The maximum Gasteiger partial charge on any atom is 0.335 e. The van der Waals surface area contributed by atoms with E-state index in [1.54, 1.807) is 6.26 Å². The van der Waals surface area contributed by atoms with E-state index in [0.717, 1.165) is 63.2 Å². The van der Waals surface area contributed by atoms with Crippen LogP contribution in [0.1, 0.15) is 76.2 Å². The van der Waals surface area contributed by atoms with Crippen LogP contribution in [0.4, 0.5) is 0 Å². The molecule has 0 spiro atoms. The fourth-order valence-corrected chi connectivity index (χ4v) is 8.43. The summed E-state index contributed by atoms with van der Waals surface area (Å²) in [5.74, 6) is -0.562. The molecular formula is C24H32O5. The number of aliphatic hydroxyl groups is 2. The minimum atomic E-state index is -1.88. The maximum atomic E-state index is 12.5. The van der Waals surface area contributed by atoms with Gasteiger partial charge in [0.1, 0.15) is 6.29 Å². The first-order chi connectivity index (χ1) is 13.8. The Morgan fingerprint density at radius 1 is 1.03 bits per heavy atom. The third kappa shape index (κ3) is 2.53. The van der Waals surface area contributed by atoms with E-state index in [1.165, 1.54) is 6.07 Å². The molecule has 4 saturated carbocycles. The molecule has 0 aromatic carbocycles. The van der Waals surface area contributed by atoms with E-state index < -0.39 is 11.2 Å². The van der Waals surface area contributed by atoms with Gasteiger partial charge in [0.15, 0.2) is 5.79 Å². The van der Waals surface area contributed by atoms with Gasteiger partial charge in [-0.05, 0) is 98.0 Å². The van der Waals surface area contributed by atoms with Crippen LogP contribution < -0.4 is 5.63 Å². The van der Waals surface area contributed by atoms with E-state index in [4.69, 9.17) is 4.42 Å². The first-order valence-electron chi connectivity index (χ1n) is 11.3. The van der Waals surface area contributed by atoms with E-state index in [-0.39, 0.29) is 22.9 Å². The van der Waals surface area contributed by atoms with Crippen molar-refractivity contribution in [3.05, 3.63) is 34.4 Å². The minimum absolute atomic E-state index is 0.0552. The molecule has 158 valence electrons. The Kier molecular flexibility index (Phi) is 4.38. The monoisotopic (exact) mass is 400 g/mol. The van der Waals surface area contributed by atoms with Crippen molar-refractivity contribution in [3.8, 4) is 0 Å². The fraction of sp³-hybridized carbons (Fsp3) is 0.750. The maximum absolute atomic E-state index is 12.5. The quantitative estimate of drug-likeness (QED) is 0.585. The van der Waals surface area contributed by atoms with Crippen LogP contribution in [0, 0.1) is 34.5 Å². The molecule has 0 aliphatic heterocycles. The highest BCUT2D eigenvalue weighted by atomic mass is 16.5. The van der Waals surface area contributed by atoms with Crippen molar-refractivity contribution in [2.45, 2.75) is 76.4 Å². The van der Waals surface area contributed by atoms with Crippen molar-refractivity contribution in [2.75, 3.05) is 0 Å². The van der Waals surface area contributed by atoms with Crippen molar-refractivity contribution in [3.63, 3.8) is 0 Å². The number of hydrogen-bond acceptors (Lipinski definition) is 5. The topological polar surface area (TPSA) is 87.7 Å². The van der Waals surface area contributed by atoms with Gasteiger partial charge in [-0.25, -0.2) is 4.79 Å². The zero-order valence-electron chi connectivity index (χ0n) is 17.2. The molecule has 1 aromatic rings. The highest BCUT2D eigenvalue weighted by Crippen LogP contribution is 2.69. The van der Waals surface area contributed by atoms with Gasteiger partial charge in [-0.1, -0.05) is 6.92 Å². The van der Waals surface area contributed by atoms with Crippen molar-refractivity contribution < 1.29 is 19.4 Å². The third-order valence-corrected chi connectivity index (χ3v) is 9.67. The predicted molar refractivity (Wildman–Crippen MR) is 107 cm³/mol. The smallest absolute Gasteiger partial charge is 0.335 e. The molecular weight excluding hydrogens is 368 g/mol. The molecule has 29 heavy (non-hydrogen) atoms. The summed E-state index contributed by atoms with van der Waals surface area (Å²) in [6, 6.07) is 3.42. The van der Waals surface area contributed by atoms with Crippen LogP contribution in [0.2, 0.25) is 0 Å². The Balaban J connectivity index is 1.50. The van der Waals surface area contributed by atoms with Gasteiger partial charge in [-0.15, -0.1) is 0 Å². The van der Waals surface area contributed by atoms with E-state index in [2.05, 4.69) is 6.92 Å². The summed E-state index contributed by atoms with van der Waals surface area (Å²) in [7, 11) is 0. The van der Waals surface area contributed by atoms with Crippen molar-refractivity contribution in [1.29, 1.82) is 0 Å². The summed E-state index contributed by atoms with van der Waals surface area (Å²) in [6.45, 7) is 2.36. The molecule has 5 rings (SSSR count). The lowest BCUT2D eigenvalue weighted by atomic mass is 9.43. The summed E-state index contributed by atoms with van der Waals surface area (Å²) >= 11 is 0. The SMILES string of the molecule is C[C@]12CC[C@H]3[C@@H](CCC4CCCC(O)(O)[C@@]43C=O)[C@H]1CC[C@@H]2c1ccc(=O)oc1. The van der Waals surface area contributed by atoms with Crippen molar-refractivity contribution in [1.82, 2.24) is 0 Å². The average Bonchev–Trinajstić information content (AvgIpc) is 3.05. The first-order valence-corrected chi connectivity index (χ1v) is 11.3. The highest BCUT2D eigenvalue weighted by Gasteiger charge is 2.67. The molecule has 0 bridgehead atoms. The number of fused-ring (bicyclic) bond motifs is 5. The van der Waals surface area contributed by atoms with Crippen LogP contribution in [-0.2, 0) is 4.79 Å². The van der Waals surface area contributed by atoms with Crippen LogP contribution in [0.5, 0.6) is 0 Å². The van der Waals surface area contributed by atoms with Crippen molar-refractivity contribution in [2.24, 2.45) is 34.5 Å². The van der Waals surface area contributed by atoms with E-state index in [0.29, 0.717) is 24.2 Å². The molecule has 2 N–H and O–H groups in total. The van der Waals surface area contributed by atoms with E-state index in [9.17, 15) is 19.8 Å². The molecule has 1 aromatic heterocycles. The Hall–Kier alpha value is -1.46. The molecule has 1 unspecified atom stereocenters. The fourth-order valence-electron chi connectivity index (χ4n) is 8.43. The molecule has 4 aliphatic carbocycles. The van der Waals surface area contributed by atoms with E-state index in [1.807, 2.05) is 6.07 Å². The molecule has 7 atom stereocenters. The number of rotatable bonds is 2. The molecule has 0 amide bonds. The largest absolute Gasteiger partial charge is 0.431 e. The summed E-state index contributed by atoms with van der Waals surface area (Å²) < 4.78 is 5.17. The van der Waals surface area contributed by atoms with Crippen LogP contribution in [-0.4, -0.2) is 22.3 Å². The van der Waals surface area contributed by atoms with Gasteiger partial charge >= 0.3 is 5.63 Å². The molecule has 5 heteroatoms. The van der Waals surface area contributed by atoms with Crippen LogP contribution in [0.15, 0.2) is 27.6 Å². The summed E-state index contributed by atoms with van der Waals surface area (Å²) in [4.78, 5) is 23.9. The molecule has 4 fully saturated rings. The standard InChI is InChI=1S/C24H32O5/c1-22-12-10-20-17(6-5-16-3-2-11-24(27,28)23(16,20)14-25)19(22)8-7-18(22)15-4-9-21(26)29-13-15/h4,9,13-14,16-20,27-28H,2-3,5-8,10-12H2,1H3/t16?,17-,18+,19+,20-,22+,23-/m0/s1. The first kappa shape index (κ1) is 19.5. The minimum Gasteiger partial charge on any atom is -0.431 e. The number of hydrogen-bond donors (Lipinski definition) is 2. The van der Waals surface area contributed by atoms with Gasteiger partial charge in [0.25, 0.3) is 0 Å². The normalized spacial score (nSPS) is 45.7. The second-order valence-corrected chi connectivity index (χ2v) is 10.5. The summed E-state index contributed by atoms with van der Waals surface area (Å²) in [6.07, 6.45) is 10.6. The van der Waals surface area contributed by atoms with Crippen LogP contribution in [0.25, 0.3) is 0 Å². The summed E-state index contributed by atoms with van der Waals surface area (Å²) in [5.41, 5.74) is -0.126. The number of aldehydes is 1. The van der Waals surface area contributed by atoms with Crippen LogP contribution >= 0.6 is 0 Å². The lowest BCUT2D eigenvalue weighted by molar-refractivity contribution is -0.300. The lowest BCUT2D eigenvalue weighted by Crippen LogP contribution is -2.65. The highest BCUT2D eigenvalue weighted by molar-refractivity contribution is 5.64. The van der Waals surface area contributed by atoms with Crippen molar-refractivity contribution >= 4 is 6.29 Å². The second kappa shape index (κ2) is 6.52. The Labute approximate surface area is 171 Å².